The third-order valence-corrected chi connectivity index (χ3v) is 5.09. The highest BCUT2D eigenvalue weighted by molar-refractivity contribution is 5.62. The maximum atomic E-state index is 12.7. The lowest BCUT2D eigenvalue weighted by Gasteiger charge is -2.16. The molecule has 0 aliphatic carbocycles. The van der Waals surface area contributed by atoms with Gasteiger partial charge in [-0.2, -0.15) is 13.2 Å². The molecule has 0 spiro atoms. The van der Waals surface area contributed by atoms with E-state index in [1.807, 2.05) is 24.3 Å². The summed E-state index contributed by atoms with van der Waals surface area (Å²) in [6.07, 6.45) is -3.46. The summed E-state index contributed by atoms with van der Waals surface area (Å²) in [5.41, 5.74) is 0.961. The van der Waals surface area contributed by atoms with Crippen molar-refractivity contribution in [1.29, 1.82) is 0 Å². The summed E-state index contributed by atoms with van der Waals surface area (Å²) in [4.78, 5) is 2.18. The summed E-state index contributed by atoms with van der Waals surface area (Å²) < 4.78 is 49.3. The van der Waals surface area contributed by atoms with Gasteiger partial charge in [0, 0.05) is 13.1 Å². The number of hydrogen-bond donors (Lipinski definition) is 0. The summed E-state index contributed by atoms with van der Waals surface area (Å²) in [7, 11) is 1.59. The predicted octanol–water partition coefficient (Wildman–Crippen LogP) is 4.75. The summed E-state index contributed by atoms with van der Waals surface area (Å²) in [6.45, 7) is 2.12. The van der Waals surface area contributed by atoms with E-state index in [0.29, 0.717) is 30.6 Å². The number of para-hydroxylation sites is 1. The summed E-state index contributed by atoms with van der Waals surface area (Å²) in [6, 6.07) is 12.8. The average molecular weight is 403 g/mol. The van der Waals surface area contributed by atoms with Crippen molar-refractivity contribution in [2.45, 2.75) is 25.1 Å². The van der Waals surface area contributed by atoms with Crippen LogP contribution in [-0.2, 0) is 12.7 Å². The first-order valence-electron chi connectivity index (χ1n) is 9.29. The van der Waals surface area contributed by atoms with Gasteiger partial charge in [-0.15, -0.1) is 10.2 Å². The lowest BCUT2D eigenvalue weighted by molar-refractivity contribution is -0.137. The SMILES string of the molecule is COc1ccccc1-c1nnc([C@H]2CCN(Cc3ccc(C(F)(F)F)cc3)C2)o1. The smallest absolute Gasteiger partial charge is 0.416 e. The van der Waals surface area contributed by atoms with Gasteiger partial charge in [-0.05, 0) is 42.8 Å². The van der Waals surface area contributed by atoms with Crippen molar-refractivity contribution in [2.75, 3.05) is 20.2 Å². The van der Waals surface area contributed by atoms with E-state index in [9.17, 15) is 13.2 Å². The molecule has 1 fully saturated rings. The zero-order valence-electron chi connectivity index (χ0n) is 15.8. The molecule has 1 saturated heterocycles. The summed E-state index contributed by atoms with van der Waals surface area (Å²) in [5.74, 6) is 1.75. The third-order valence-electron chi connectivity index (χ3n) is 5.09. The molecule has 4 rings (SSSR count). The largest absolute Gasteiger partial charge is 0.496 e. The van der Waals surface area contributed by atoms with E-state index in [4.69, 9.17) is 9.15 Å². The van der Waals surface area contributed by atoms with Gasteiger partial charge in [0.05, 0.1) is 24.2 Å². The van der Waals surface area contributed by atoms with Gasteiger partial charge >= 0.3 is 6.18 Å². The number of benzene rings is 2. The molecule has 1 atom stereocenters. The van der Waals surface area contributed by atoms with Crippen LogP contribution in [0.25, 0.3) is 11.5 Å². The van der Waals surface area contributed by atoms with Crippen LogP contribution in [0.1, 0.15) is 29.4 Å². The lowest BCUT2D eigenvalue weighted by atomic mass is 10.1. The molecule has 0 radical (unpaired) electrons. The minimum Gasteiger partial charge on any atom is -0.496 e. The van der Waals surface area contributed by atoms with Crippen molar-refractivity contribution >= 4 is 0 Å². The number of aromatic nitrogens is 2. The first-order valence-corrected chi connectivity index (χ1v) is 9.29. The molecule has 2 heterocycles. The van der Waals surface area contributed by atoms with E-state index in [0.717, 1.165) is 36.2 Å². The third kappa shape index (κ3) is 4.27. The van der Waals surface area contributed by atoms with E-state index in [2.05, 4.69) is 15.1 Å². The van der Waals surface area contributed by atoms with Crippen molar-refractivity contribution in [1.82, 2.24) is 15.1 Å². The fourth-order valence-corrected chi connectivity index (χ4v) is 3.56. The lowest BCUT2D eigenvalue weighted by Crippen LogP contribution is -2.20. The van der Waals surface area contributed by atoms with Crippen LogP contribution in [0.5, 0.6) is 5.75 Å². The second kappa shape index (κ2) is 7.87. The van der Waals surface area contributed by atoms with Gasteiger partial charge in [-0.3, -0.25) is 4.90 Å². The van der Waals surface area contributed by atoms with Crippen molar-refractivity contribution in [3.8, 4) is 17.2 Å². The second-order valence-corrected chi connectivity index (χ2v) is 7.06. The Morgan fingerprint density at radius 2 is 1.86 bits per heavy atom. The van der Waals surface area contributed by atoms with Gasteiger partial charge in [0.15, 0.2) is 0 Å². The topological polar surface area (TPSA) is 51.4 Å². The zero-order valence-corrected chi connectivity index (χ0v) is 15.8. The number of nitrogens with zero attached hydrogens (tertiary/aromatic N) is 3. The maximum Gasteiger partial charge on any atom is 0.416 e. The Kier molecular flexibility index (Phi) is 5.27. The van der Waals surface area contributed by atoms with Crippen molar-refractivity contribution in [3.05, 3.63) is 65.5 Å². The Morgan fingerprint density at radius 1 is 1.10 bits per heavy atom. The molecule has 0 saturated carbocycles. The molecule has 0 bridgehead atoms. The van der Waals surface area contributed by atoms with E-state index in [1.165, 1.54) is 12.1 Å². The molecule has 152 valence electrons. The fourth-order valence-electron chi connectivity index (χ4n) is 3.56. The standard InChI is InChI=1S/C21H20F3N3O2/c1-28-18-5-3-2-4-17(18)20-26-25-19(29-20)15-10-11-27(13-15)12-14-6-8-16(9-7-14)21(22,23)24/h2-9,15H,10-13H2,1H3/t15-/m0/s1. The Balaban J connectivity index is 1.41. The Morgan fingerprint density at radius 3 is 2.59 bits per heavy atom. The molecule has 0 N–H and O–H groups in total. The van der Waals surface area contributed by atoms with Gasteiger partial charge in [-0.25, -0.2) is 0 Å². The minimum absolute atomic E-state index is 0.0976. The van der Waals surface area contributed by atoms with E-state index in [-0.39, 0.29) is 5.92 Å². The molecular formula is C21H20F3N3O2. The highest BCUT2D eigenvalue weighted by Gasteiger charge is 2.31. The molecule has 0 unspecified atom stereocenters. The van der Waals surface area contributed by atoms with Crippen LogP contribution in [0.2, 0.25) is 0 Å². The van der Waals surface area contributed by atoms with Gasteiger partial charge in [-0.1, -0.05) is 24.3 Å². The molecule has 0 amide bonds. The Labute approximate surface area is 166 Å². The van der Waals surface area contributed by atoms with E-state index < -0.39 is 11.7 Å². The first-order chi connectivity index (χ1) is 13.9. The number of methoxy groups -OCH3 is 1. The molecule has 3 aromatic rings. The van der Waals surface area contributed by atoms with Crippen LogP contribution >= 0.6 is 0 Å². The zero-order chi connectivity index (χ0) is 20.4. The Hall–Kier alpha value is -2.87. The molecule has 1 aromatic heterocycles. The number of halogens is 3. The van der Waals surface area contributed by atoms with Crippen molar-refractivity contribution in [2.24, 2.45) is 0 Å². The number of rotatable bonds is 5. The monoisotopic (exact) mass is 403 g/mol. The summed E-state index contributed by atoms with van der Waals surface area (Å²) in [5, 5.41) is 8.37. The number of alkyl halides is 3. The molecule has 5 nitrogen and oxygen atoms in total. The van der Waals surface area contributed by atoms with Crippen LogP contribution < -0.4 is 4.74 Å². The quantitative estimate of drug-likeness (QED) is 0.615. The van der Waals surface area contributed by atoms with Gasteiger partial charge < -0.3 is 9.15 Å². The maximum absolute atomic E-state index is 12.7. The molecule has 1 aliphatic rings. The van der Waals surface area contributed by atoms with E-state index in [1.54, 1.807) is 7.11 Å². The van der Waals surface area contributed by atoms with Gasteiger partial charge in [0.25, 0.3) is 5.89 Å². The van der Waals surface area contributed by atoms with Crippen LogP contribution in [0.3, 0.4) is 0 Å². The summed E-state index contributed by atoms with van der Waals surface area (Å²) >= 11 is 0. The van der Waals surface area contributed by atoms with Crippen LogP contribution in [0, 0.1) is 0 Å². The van der Waals surface area contributed by atoms with Crippen LogP contribution in [-0.4, -0.2) is 35.3 Å². The number of ether oxygens (including phenoxy) is 1. The van der Waals surface area contributed by atoms with Crippen LogP contribution in [0.15, 0.2) is 52.9 Å². The number of likely N-dealkylation sites (tertiary alicyclic amines) is 1. The minimum atomic E-state index is -4.31. The molecular weight excluding hydrogens is 383 g/mol. The molecule has 2 aromatic carbocycles. The predicted molar refractivity (Wildman–Crippen MR) is 100 cm³/mol. The molecule has 8 heteroatoms. The van der Waals surface area contributed by atoms with Crippen molar-refractivity contribution < 1.29 is 22.3 Å². The highest BCUT2D eigenvalue weighted by atomic mass is 19.4. The first kappa shape index (κ1) is 19.4. The van der Waals surface area contributed by atoms with E-state index >= 15 is 0 Å². The second-order valence-electron chi connectivity index (χ2n) is 7.06. The van der Waals surface area contributed by atoms with Gasteiger partial charge in [0.1, 0.15) is 5.75 Å². The average Bonchev–Trinajstić information content (AvgIpc) is 3.37. The van der Waals surface area contributed by atoms with Gasteiger partial charge in [0.2, 0.25) is 5.89 Å². The Bertz CT molecular complexity index is 970. The van der Waals surface area contributed by atoms with Crippen LogP contribution in [0.4, 0.5) is 13.2 Å². The molecule has 1 aliphatic heterocycles. The number of hydrogen-bond acceptors (Lipinski definition) is 5. The van der Waals surface area contributed by atoms with Crippen molar-refractivity contribution in [3.63, 3.8) is 0 Å². The highest BCUT2D eigenvalue weighted by Crippen LogP contribution is 2.33. The normalized spacial score (nSPS) is 17.6. The molecule has 29 heavy (non-hydrogen) atoms. The fraction of sp³-hybridized carbons (Fsp3) is 0.333.